The van der Waals surface area contributed by atoms with Gasteiger partial charge in [0.1, 0.15) is 6.33 Å². The van der Waals surface area contributed by atoms with Crippen LogP contribution in [0.25, 0.3) is 16.8 Å². The summed E-state index contributed by atoms with van der Waals surface area (Å²) in [6.07, 6.45) is 6.01. The molecule has 0 N–H and O–H groups in total. The van der Waals surface area contributed by atoms with Gasteiger partial charge >= 0.3 is 5.69 Å². The number of aryl methyl sites for hydroxylation is 1. The van der Waals surface area contributed by atoms with Crippen molar-refractivity contribution in [3.63, 3.8) is 0 Å². The zero-order valence-corrected chi connectivity index (χ0v) is 18.3. The van der Waals surface area contributed by atoms with Gasteiger partial charge in [-0.05, 0) is 40.5 Å². The largest absolute Gasteiger partial charge is 0.335 e. The van der Waals surface area contributed by atoms with Gasteiger partial charge < -0.3 is 0 Å². The van der Waals surface area contributed by atoms with Crippen LogP contribution in [-0.4, -0.2) is 35.2 Å². The maximum atomic E-state index is 12.9. The molecule has 0 aliphatic heterocycles. The van der Waals surface area contributed by atoms with Gasteiger partial charge in [-0.2, -0.15) is 4.68 Å². The molecule has 2 aromatic heterocycles. The Labute approximate surface area is 186 Å². The van der Waals surface area contributed by atoms with Crippen molar-refractivity contribution in [3.8, 4) is 16.8 Å². The summed E-state index contributed by atoms with van der Waals surface area (Å²) in [4.78, 5) is 25.3. The van der Waals surface area contributed by atoms with Gasteiger partial charge in [-0.25, -0.2) is 9.36 Å². The smallest absolute Gasteiger partial charge is 0.292 e. The third-order valence-corrected chi connectivity index (χ3v) is 5.41. The number of imidazole rings is 1. The molecule has 0 unspecified atom stereocenters. The van der Waals surface area contributed by atoms with Crippen molar-refractivity contribution < 1.29 is 4.79 Å². The van der Waals surface area contributed by atoms with Gasteiger partial charge in [0.25, 0.3) is 0 Å². The average molecular weight is 431 g/mol. The van der Waals surface area contributed by atoms with Crippen LogP contribution in [0.3, 0.4) is 0 Å². The first-order valence-electron chi connectivity index (χ1n) is 10.9. The molecule has 0 saturated carbocycles. The summed E-state index contributed by atoms with van der Waals surface area (Å²) in [7, 11) is 0. The number of hydrogen-bond donors (Lipinski definition) is 0. The number of hydrogen-bond acceptors (Lipinski definition) is 5. The zero-order valence-electron chi connectivity index (χ0n) is 18.3. The summed E-state index contributed by atoms with van der Waals surface area (Å²) in [5.74, 6) is -0.150. The van der Waals surface area contributed by atoms with Crippen molar-refractivity contribution in [2.75, 3.05) is 0 Å². The van der Waals surface area contributed by atoms with Crippen molar-refractivity contribution in [2.24, 2.45) is 0 Å². The van der Waals surface area contributed by atoms with Crippen LogP contribution in [0, 0.1) is 0 Å². The van der Waals surface area contributed by atoms with E-state index in [0.717, 1.165) is 40.9 Å². The van der Waals surface area contributed by atoms with Gasteiger partial charge in [-0.3, -0.25) is 9.36 Å². The van der Waals surface area contributed by atoms with E-state index in [0.29, 0.717) is 19.4 Å². The second-order valence-electron chi connectivity index (χ2n) is 7.72. The SMILES string of the molecule is CCCC(=O)n1cc(CCC)n(Cc2ccc(-c3ccccc3-n3cnnn3)cc2)c1=O. The van der Waals surface area contributed by atoms with Crippen LogP contribution < -0.4 is 5.69 Å². The van der Waals surface area contributed by atoms with Crippen LogP contribution in [-0.2, 0) is 13.0 Å². The van der Waals surface area contributed by atoms with E-state index in [1.54, 1.807) is 21.8 Å². The van der Waals surface area contributed by atoms with E-state index in [4.69, 9.17) is 0 Å². The van der Waals surface area contributed by atoms with Crippen molar-refractivity contribution in [2.45, 2.75) is 46.1 Å². The maximum absolute atomic E-state index is 12.9. The van der Waals surface area contributed by atoms with E-state index in [2.05, 4.69) is 22.4 Å². The van der Waals surface area contributed by atoms with Crippen molar-refractivity contribution in [3.05, 3.63) is 82.8 Å². The number of carbonyl (C=O) groups excluding carboxylic acids is 1. The summed E-state index contributed by atoms with van der Waals surface area (Å²) in [6, 6.07) is 16.0. The van der Waals surface area contributed by atoms with E-state index in [-0.39, 0.29) is 11.6 Å². The maximum Gasteiger partial charge on any atom is 0.335 e. The predicted molar refractivity (Wildman–Crippen MR) is 122 cm³/mol. The van der Waals surface area contributed by atoms with E-state index in [1.807, 2.05) is 55.5 Å². The molecule has 0 aliphatic rings. The quantitative estimate of drug-likeness (QED) is 0.425. The molecule has 0 spiro atoms. The molecule has 2 aromatic carbocycles. The molecule has 0 bridgehead atoms. The Morgan fingerprint density at radius 3 is 2.47 bits per heavy atom. The summed E-state index contributed by atoms with van der Waals surface area (Å²) < 4.78 is 4.61. The topological polar surface area (TPSA) is 87.6 Å². The Kier molecular flexibility index (Phi) is 6.39. The number of nitrogens with zero attached hydrogens (tertiary/aromatic N) is 6. The number of aromatic nitrogens is 6. The second-order valence-corrected chi connectivity index (χ2v) is 7.72. The monoisotopic (exact) mass is 430 g/mol. The van der Waals surface area contributed by atoms with Crippen LogP contribution in [0.1, 0.15) is 49.2 Å². The van der Waals surface area contributed by atoms with Gasteiger partial charge in [-0.15, -0.1) is 5.10 Å². The van der Waals surface area contributed by atoms with E-state index >= 15 is 0 Å². The van der Waals surface area contributed by atoms with E-state index < -0.39 is 0 Å². The highest BCUT2D eigenvalue weighted by Crippen LogP contribution is 2.26. The lowest BCUT2D eigenvalue weighted by Crippen LogP contribution is -2.29. The first-order valence-corrected chi connectivity index (χ1v) is 10.9. The minimum atomic E-state index is -0.264. The Morgan fingerprint density at radius 1 is 1.00 bits per heavy atom. The molecule has 0 aliphatic carbocycles. The van der Waals surface area contributed by atoms with Crippen molar-refractivity contribution in [1.29, 1.82) is 0 Å². The molecule has 0 radical (unpaired) electrons. The van der Waals surface area contributed by atoms with E-state index in [9.17, 15) is 9.59 Å². The highest BCUT2D eigenvalue weighted by Gasteiger charge is 2.16. The lowest BCUT2D eigenvalue weighted by Gasteiger charge is -2.10. The average Bonchev–Trinajstić information content (AvgIpc) is 3.45. The molecule has 164 valence electrons. The Balaban J connectivity index is 1.63. The first kappa shape index (κ1) is 21.4. The Bertz CT molecular complexity index is 1250. The molecular weight excluding hydrogens is 404 g/mol. The van der Waals surface area contributed by atoms with Gasteiger partial charge in [0.05, 0.1) is 12.2 Å². The molecule has 0 atom stereocenters. The van der Waals surface area contributed by atoms with Crippen LogP contribution in [0.2, 0.25) is 0 Å². The minimum absolute atomic E-state index is 0.150. The fraction of sp³-hybridized carbons (Fsp3) is 0.292. The Morgan fingerprint density at radius 2 is 1.78 bits per heavy atom. The lowest BCUT2D eigenvalue weighted by molar-refractivity contribution is 0.0897. The fourth-order valence-electron chi connectivity index (χ4n) is 3.83. The summed E-state index contributed by atoms with van der Waals surface area (Å²) >= 11 is 0. The van der Waals surface area contributed by atoms with Gasteiger partial charge in [0, 0.05) is 23.9 Å². The van der Waals surface area contributed by atoms with Gasteiger partial charge in [0.2, 0.25) is 5.91 Å². The predicted octanol–water partition coefficient (Wildman–Crippen LogP) is 3.73. The molecule has 8 heteroatoms. The molecule has 8 nitrogen and oxygen atoms in total. The van der Waals surface area contributed by atoms with E-state index in [1.165, 1.54) is 4.57 Å². The summed E-state index contributed by atoms with van der Waals surface area (Å²) in [5, 5.41) is 11.5. The van der Waals surface area contributed by atoms with Gasteiger partial charge in [0.15, 0.2) is 0 Å². The third kappa shape index (κ3) is 4.30. The number of benzene rings is 2. The molecule has 0 saturated heterocycles. The lowest BCUT2D eigenvalue weighted by atomic mass is 10.0. The molecule has 0 fully saturated rings. The van der Waals surface area contributed by atoms with Crippen LogP contribution in [0.5, 0.6) is 0 Å². The minimum Gasteiger partial charge on any atom is -0.292 e. The standard InChI is InChI=1S/C24H26N6O2/c1-3-7-20-16-29(23(31)8-4-2)24(32)28(20)15-18-11-13-19(14-12-18)21-9-5-6-10-22(21)30-17-25-26-27-30/h5-6,9-14,16-17H,3-4,7-8,15H2,1-2H3. The molecule has 4 rings (SSSR count). The number of para-hydroxylation sites is 1. The summed E-state index contributed by atoms with van der Waals surface area (Å²) in [5.41, 5.74) is 4.53. The Hall–Kier alpha value is -3.81. The van der Waals surface area contributed by atoms with Crippen LogP contribution in [0.4, 0.5) is 0 Å². The summed E-state index contributed by atoms with van der Waals surface area (Å²) in [6.45, 7) is 4.43. The van der Waals surface area contributed by atoms with Gasteiger partial charge in [-0.1, -0.05) is 62.7 Å². The third-order valence-electron chi connectivity index (χ3n) is 5.41. The number of rotatable bonds is 8. The zero-order chi connectivity index (χ0) is 22.5. The molecule has 2 heterocycles. The number of tetrazole rings is 1. The van der Waals surface area contributed by atoms with Crippen LogP contribution >= 0.6 is 0 Å². The first-order chi connectivity index (χ1) is 15.6. The molecule has 32 heavy (non-hydrogen) atoms. The fourth-order valence-corrected chi connectivity index (χ4v) is 3.83. The molecule has 0 amide bonds. The molecule has 4 aromatic rings. The highest BCUT2D eigenvalue weighted by atomic mass is 16.2. The van der Waals surface area contributed by atoms with Crippen molar-refractivity contribution >= 4 is 5.91 Å². The second kappa shape index (κ2) is 9.55. The van der Waals surface area contributed by atoms with Crippen molar-refractivity contribution in [1.82, 2.24) is 29.3 Å². The molecular formula is C24H26N6O2. The normalized spacial score (nSPS) is 11.1. The van der Waals surface area contributed by atoms with Crippen LogP contribution in [0.15, 0.2) is 65.8 Å². The highest BCUT2D eigenvalue weighted by molar-refractivity contribution is 5.78. The number of carbonyl (C=O) groups is 1.